The van der Waals surface area contributed by atoms with Crippen molar-refractivity contribution in [2.45, 2.75) is 38.8 Å². The lowest BCUT2D eigenvalue weighted by Crippen LogP contribution is -2.49. The van der Waals surface area contributed by atoms with Gasteiger partial charge in [0.15, 0.2) is 0 Å². The predicted octanol–water partition coefficient (Wildman–Crippen LogP) is 2.94. The number of nitrogens with one attached hydrogen (secondary N) is 1. The first kappa shape index (κ1) is 25.4. The van der Waals surface area contributed by atoms with Gasteiger partial charge in [-0.15, -0.1) is 0 Å². The van der Waals surface area contributed by atoms with Crippen LogP contribution in [0.3, 0.4) is 0 Å². The summed E-state index contributed by atoms with van der Waals surface area (Å²) in [6.45, 7) is 4.76. The number of carboxylic acids is 1. The molecule has 2 N–H and O–H groups in total. The maximum Gasteiger partial charge on any atom is 0.303 e. The van der Waals surface area contributed by atoms with Gasteiger partial charge in [0.05, 0.1) is 18.3 Å². The van der Waals surface area contributed by atoms with Crippen LogP contribution in [0.5, 0.6) is 0 Å². The number of carboxylic acid groups (broad SMARTS) is 1. The number of hydrogen-bond acceptors (Lipinski definition) is 10. The van der Waals surface area contributed by atoms with Crippen molar-refractivity contribution in [1.82, 2.24) is 14.9 Å². The molecule has 2 aromatic rings. The van der Waals surface area contributed by atoms with Crippen LogP contribution in [0, 0.1) is 17.2 Å². The third-order valence-corrected chi connectivity index (χ3v) is 7.35. The van der Waals surface area contributed by atoms with Gasteiger partial charge >= 0.3 is 5.97 Å². The highest BCUT2D eigenvalue weighted by Gasteiger charge is 2.25. The lowest BCUT2D eigenvalue weighted by Gasteiger charge is -2.35. The third kappa shape index (κ3) is 5.82. The molecule has 0 unspecified atom stereocenters. The molecule has 0 atom stereocenters. The van der Waals surface area contributed by atoms with Gasteiger partial charge in [-0.05, 0) is 43.0 Å². The fraction of sp³-hybridized carbons (Fsp3) is 0.500. The number of hydrogen-bond donors (Lipinski definition) is 2. The zero-order valence-electron chi connectivity index (χ0n) is 21.2. The molecule has 3 aliphatic rings. The van der Waals surface area contributed by atoms with E-state index in [1.807, 2.05) is 18.2 Å². The second-order valence-electron chi connectivity index (χ2n) is 9.80. The summed E-state index contributed by atoms with van der Waals surface area (Å²) in [5, 5.41) is 29.7. The first-order valence-electron chi connectivity index (χ1n) is 13.0. The average Bonchev–Trinajstić information content (AvgIpc) is 2.94. The molecular weight excluding hydrogens is 486 g/mol. The highest BCUT2D eigenvalue weighted by atomic mass is 16.4. The summed E-state index contributed by atoms with van der Waals surface area (Å²) < 4.78 is 0. The Bertz CT molecular complexity index is 1240. The highest BCUT2D eigenvalue weighted by Crippen LogP contribution is 2.30. The minimum Gasteiger partial charge on any atom is -0.481 e. The number of carbonyl (C=O) groups excluding carboxylic acids is 1. The van der Waals surface area contributed by atoms with Crippen LogP contribution >= 0.6 is 0 Å². The highest BCUT2D eigenvalue weighted by molar-refractivity contribution is 5.78. The predicted molar refractivity (Wildman–Crippen MR) is 140 cm³/mol. The van der Waals surface area contributed by atoms with Crippen LogP contribution in [0.25, 0.3) is 0 Å². The zero-order valence-corrected chi connectivity index (χ0v) is 21.2. The molecule has 1 aromatic carbocycles. The number of fused-ring (bicyclic) bond motifs is 1. The van der Waals surface area contributed by atoms with Crippen LogP contribution in [0.4, 0.5) is 23.1 Å². The minimum absolute atomic E-state index is 0.101. The van der Waals surface area contributed by atoms with E-state index in [-0.39, 0.29) is 24.7 Å². The molecule has 3 aliphatic heterocycles. The molecule has 1 amide bonds. The van der Waals surface area contributed by atoms with Gasteiger partial charge in [0.25, 0.3) is 0 Å². The van der Waals surface area contributed by atoms with E-state index in [1.165, 1.54) is 0 Å². The van der Waals surface area contributed by atoms with E-state index < -0.39 is 5.97 Å². The molecule has 2 saturated heterocycles. The van der Waals surface area contributed by atoms with Gasteiger partial charge in [0.1, 0.15) is 18.8 Å². The minimum atomic E-state index is -0.719. The summed E-state index contributed by atoms with van der Waals surface area (Å²) in [5.74, 6) is 0.684. The van der Waals surface area contributed by atoms with Crippen molar-refractivity contribution in [3.63, 3.8) is 0 Å². The fourth-order valence-corrected chi connectivity index (χ4v) is 5.17. The molecule has 12 heteroatoms. The molecule has 12 nitrogen and oxygen atoms in total. The first-order chi connectivity index (χ1) is 18.5. The van der Waals surface area contributed by atoms with Crippen LogP contribution in [0.15, 0.2) is 34.5 Å². The van der Waals surface area contributed by atoms with Crippen molar-refractivity contribution < 1.29 is 14.7 Å². The molecule has 0 aliphatic carbocycles. The molecule has 0 bridgehead atoms. The van der Waals surface area contributed by atoms with Crippen molar-refractivity contribution in [1.29, 1.82) is 5.26 Å². The number of aromatic nitrogens is 2. The van der Waals surface area contributed by atoms with Crippen molar-refractivity contribution in [2.75, 3.05) is 54.4 Å². The summed E-state index contributed by atoms with van der Waals surface area (Å²) in [6.07, 6.45) is 1.92. The SMILES string of the molecule is N#CCC(=O)N1CCN(c2nc3c(c(Nc4ccc(N5CCC(CC(=O)O)CC5)cc4)n2)CN=NC3)CC1. The summed E-state index contributed by atoms with van der Waals surface area (Å²) in [7, 11) is 0. The van der Waals surface area contributed by atoms with Gasteiger partial charge in [-0.3, -0.25) is 9.59 Å². The number of azo groups is 1. The van der Waals surface area contributed by atoms with Crippen LogP contribution in [-0.4, -0.2) is 71.1 Å². The Hall–Kier alpha value is -4.27. The van der Waals surface area contributed by atoms with E-state index in [9.17, 15) is 9.59 Å². The molecule has 1 aromatic heterocycles. The van der Waals surface area contributed by atoms with E-state index in [0.717, 1.165) is 48.6 Å². The number of anilines is 4. The first-order valence-corrected chi connectivity index (χ1v) is 13.0. The number of piperazine rings is 1. The van der Waals surface area contributed by atoms with Gasteiger partial charge < -0.3 is 25.1 Å². The van der Waals surface area contributed by atoms with Gasteiger partial charge in [-0.2, -0.15) is 20.5 Å². The molecule has 198 valence electrons. The molecule has 0 saturated carbocycles. The topological polar surface area (TPSA) is 150 Å². The summed E-state index contributed by atoms with van der Waals surface area (Å²) >= 11 is 0. The van der Waals surface area contributed by atoms with Crippen LogP contribution in [0.1, 0.15) is 36.9 Å². The Kier molecular flexibility index (Phi) is 7.62. The van der Waals surface area contributed by atoms with Crippen molar-refractivity contribution in [3.05, 3.63) is 35.5 Å². The van der Waals surface area contributed by atoms with Gasteiger partial charge in [0, 0.05) is 62.6 Å². The second-order valence-corrected chi connectivity index (χ2v) is 9.80. The van der Waals surface area contributed by atoms with Crippen LogP contribution in [0.2, 0.25) is 0 Å². The summed E-state index contributed by atoms with van der Waals surface area (Å²) in [6, 6.07) is 10.1. The summed E-state index contributed by atoms with van der Waals surface area (Å²) in [5.41, 5.74) is 3.79. The normalized spacial score (nSPS) is 17.6. The van der Waals surface area contributed by atoms with E-state index in [0.29, 0.717) is 51.0 Å². The van der Waals surface area contributed by atoms with E-state index >= 15 is 0 Å². The lowest BCUT2D eigenvalue weighted by molar-refractivity contribution is -0.138. The van der Waals surface area contributed by atoms with Gasteiger partial charge in [-0.25, -0.2) is 4.98 Å². The third-order valence-electron chi connectivity index (χ3n) is 7.35. The number of nitrogens with zero attached hydrogens (tertiary/aromatic N) is 8. The molecule has 38 heavy (non-hydrogen) atoms. The maximum atomic E-state index is 12.1. The molecule has 5 rings (SSSR count). The van der Waals surface area contributed by atoms with Crippen molar-refractivity contribution in [3.8, 4) is 6.07 Å². The Morgan fingerprint density at radius 1 is 0.974 bits per heavy atom. The van der Waals surface area contributed by atoms with E-state index in [1.54, 1.807) is 4.90 Å². The molecular formula is C26H31N9O3. The summed E-state index contributed by atoms with van der Waals surface area (Å²) in [4.78, 5) is 38.7. The van der Waals surface area contributed by atoms with Gasteiger partial charge in [-0.1, -0.05) is 0 Å². The number of benzene rings is 1. The van der Waals surface area contributed by atoms with Crippen molar-refractivity contribution in [2.24, 2.45) is 16.1 Å². The number of rotatable bonds is 7. The number of piperidine rings is 1. The zero-order chi connectivity index (χ0) is 26.5. The standard InChI is InChI=1S/C26H31N9O3/c27-8-5-23(36)34-11-13-35(14-12-34)26-31-22-17-29-28-16-21(22)25(32-26)30-19-1-3-20(4-2-19)33-9-6-18(7-10-33)15-24(37)38/h1-4,18H,5-7,9-17H2,(H,37,38)(H,30,31,32). The van der Waals surface area contributed by atoms with Crippen LogP contribution < -0.4 is 15.1 Å². The van der Waals surface area contributed by atoms with Crippen LogP contribution in [-0.2, 0) is 22.7 Å². The maximum absolute atomic E-state index is 12.1. The Labute approximate surface area is 221 Å². The van der Waals surface area contributed by atoms with Gasteiger partial charge in [0.2, 0.25) is 11.9 Å². The van der Waals surface area contributed by atoms with Crippen molar-refractivity contribution >= 4 is 35.0 Å². The number of aliphatic carboxylic acids is 1. The molecule has 2 fully saturated rings. The smallest absolute Gasteiger partial charge is 0.303 e. The monoisotopic (exact) mass is 517 g/mol. The largest absolute Gasteiger partial charge is 0.481 e. The quantitative estimate of drug-likeness (QED) is 0.565. The Morgan fingerprint density at radius 2 is 1.68 bits per heavy atom. The fourth-order valence-electron chi connectivity index (χ4n) is 5.17. The average molecular weight is 518 g/mol. The molecule has 4 heterocycles. The molecule has 0 radical (unpaired) electrons. The molecule has 0 spiro atoms. The van der Waals surface area contributed by atoms with E-state index in [2.05, 4.69) is 37.5 Å². The number of amides is 1. The number of carbonyl (C=O) groups is 2. The lowest BCUT2D eigenvalue weighted by atomic mass is 9.93. The Morgan fingerprint density at radius 3 is 2.37 bits per heavy atom. The van der Waals surface area contributed by atoms with E-state index in [4.69, 9.17) is 20.3 Å². The Balaban J connectivity index is 1.27. The second kappa shape index (κ2) is 11.4. The number of nitriles is 1.